The predicted molar refractivity (Wildman–Crippen MR) is 122 cm³/mol. The number of fused-ring (bicyclic) bond motifs is 2. The van der Waals surface area contributed by atoms with Crippen molar-refractivity contribution in [1.29, 1.82) is 0 Å². The monoisotopic (exact) mass is 496 g/mol. The molecule has 4 rings (SSSR count). The number of halogens is 5. The molecule has 1 aromatic heterocycles. The Balaban J connectivity index is 2.03. The third-order valence-corrected chi connectivity index (χ3v) is 6.64. The van der Waals surface area contributed by atoms with Gasteiger partial charge in [-0.3, -0.25) is 4.79 Å². The number of aromatic nitrogens is 1. The van der Waals surface area contributed by atoms with Crippen LogP contribution >= 0.6 is 0 Å². The minimum Gasteiger partial charge on any atom is -0.496 e. The van der Waals surface area contributed by atoms with Gasteiger partial charge in [0.1, 0.15) is 5.75 Å². The summed E-state index contributed by atoms with van der Waals surface area (Å²) < 4.78 is 76.9. The van der Waals surface area contributed by atoms with Gasteiger partial charge in [0.05, 0.1) is 18.7 Å². The maximum absolute atomic E-state index is 15.1. The van der Waals surface area contributed by atoms with E-state index in [4.69, 9.17) is 4.74 Å². The van der Waals surface area contributed by atoms with Crippen LogP contribution in [0.1, 0.15) is 43.0 Å². The maximum atomic E-state index is 15.1. The molecule has 3 aromatic rings. The molecule has 2 atom stereocenters. The van der Waals surface area contributed by atoms with Crippen molar-refractivity contribution in [2.24, 2.45) is 0 Å². The molecule has 35 heavy (non-hydrogen) atoms. The van der Waals surface area contributed by atoms with E-state index in [9.17, 15) is 23.1 Å². The first-order chi connectivity index (χ1) is 16.1. The van der Waals surface area contributed by atoms with E-state index >= 15 is 8.78 Å². The molecule has 0 saturated carbocycles. The summed E-state index contributed by atoms with van der Waals surface area (Å²) in [6.07, 6.45) is -6.91. The molecule has 0 spiro atoms. The van der Waals surface area contributed by atoms with E-state index in [2.05, 4.69) is 10.3 Å². The molecule has 0 aliphatic heterocycles. The van der Waals surface area contributed by atoms with Gasteiger partial charge in [0, 0.05) is 22.7 Å². The van der Waals surface area contributed by atoms with Crippen LogP contribution in [0, 0.1) is 6.92 Å². The molecule has 0 radical (unpaired) electrons. The summed E-state index contributed by atoms with van der Waals surface area (Å²) in [5.41, 5.74) is -3.65. The highest BCUT2D eigenvalue weighted by Gasteiger charge is 2.74. The molecule has 2 aromatic carbocycles. The van der Waals surface area contributed by atoms with Gasteiger partial charge in [-0.1, -0.05) is 26.0 Å². The highest BCUT2D eigenvalue weighted by atomic mass is 19.4. The number of aliphatic hydroxyl groups is 1. The summed E-state index contributed by atoms with van der Waals surface area (Å²) in [6.45, 7) is 4.66. The van der Waals surface area contributed by atoms with Gasteiger partial charge in [-0.05, 0) is 54.2 Å². The number of hydrogen-bond donors (Lipinski definition) is 3. The lowest BCUT2D eigenvalue weighted by Gasteiger charge is -2.51. The van der Waals surface area contributed by atoms with Gasteiger partial charge in [-0.15, -0.1) is 0 Å². The van der Waals surface area contributed by atoms with Gasteiger partial charge < -0.3 is 20.1 Å². The Labute approximate surface area is 197 Å². The molecule has 0 saturated heterocycles. The van der Waals surface area contributed by atoms with Crippen LogP contribution in [-0.2, 0) is 5.41 Å². The molecule has 1 aliphatic carbocycles. The number of hydrogen-bond acceptors (Lipinski definition) is 4. The molecular weight excluding hydrogens is 471 g/mol. The van der Waals surface area contributed by atoms with E-state index in [1.54, 1.807) is 19.1 Å². The molecule has 0 fully saturated rings. The van der Waals surface area contributed by atoms with Crippen LogP contribution in [-0.4, -0.2) is 34.9 Å². The standard InChI is InChI=1S/C25H25F5N2O3/c1-13-10-15-20(18(11-13)35-4)22(2,3)12-23(34,24(26,27)25(28,29)30)21(15)32-17-7-5-6-16-14(17)8-9-19(33)31-16/h5-11,21,32,34H,12H2,1-4H3,(H,31,33). The van der Waals surface area contributed by atoms with Crippen molar-refractivity contribution in [2.45, 2.75) is 56.3 Å². The number of aryl methyl sites for hydroxylation is 1. The Morgan fingerprint density at radius 1 is 1.11 bits per heavy atom. The lowest BCUT2D eigenvalue weighted by molar-refractivity contribution is -0.349. The molecule has 1 heterocycles. The largest absolute Gasteiger partial charge is 0.496 e. The zero-order valence-electron chi connectivity index (χ0n) is 19.5. The Kier molecular flexibility index (Phi) is 5.67. The number of methoxy groups -OCH3 is 1. The summed E-state index contributed by atoms with van der Waals surface area (Å²) in [5, 5.41) is 14.5. The van der Waals surface area contributed by atoms with Crippen molar-refractivity contribution >= 4 is 16.6 Å². The molecule has 188 valence electrons. The van der Waals surface area contributed by atoms with Crippen molar-refractivity contribution in [3.8, 4) is 5.75 Å². The SMILES string of the molecule is COc1cc(C)cc2c1C(C)(C)CC(O)(C(F)(F)C(F)(F)F)C2Nc1cccc2[nH]c(=O)ccc12. The van der Waals surface area contributed by atoms with Crippen LogP contribution in [0.4, 0.5) is 27.6 Å². The second kappa shape index (κ2) is 7.94. The molecule has 0 amide bonds. The van der Waals surface area contributed by atoms with E-state index in [0.717, 1.165) is 0 Å². The lowest BCUT2D eigenvalue weighted by Crippen LogP contribution is -2.65. The number of ether oxygens (including phenoxy) is 1. The number of alkyl halides is 5. The Hall–Kier alpha value is -3.14. The summed E-state index contributed by atoms with van der Waals surface area (Å²) >= 11 is 0. The first-order valence-electron chi connectivity index (χ1n) is 10.9. The van der Waals surface area contributed by atoms with Gasteiger partial charge in [-0.2, -0.15) is 22.0 Å². The summed E-state index contributed by atoms with van der Waals surface area (Å²) in [7, 11) is 1.39. The minimum absolute atomic E-state index is 0.0750. The van der Waals surface area contributed by atoms with Crippen LogP contribution in [0.5, 0.6) is 5.75 Å². The smallest absolute Gasteiger partial charge is 0.456 e. The second-order valence-electron chi connectivity index (χ2n) is 9.66. The zero-order chi connectivity index (χ0) is 26.0. The second-order valence-corrected chi connectivity index (χ2v) is 9.66. The van der Waals surface area contributed by atoms with E-state index in [0.29, 0.717) is 27.8 Å². The molecular formula is C25H25F5N2O3. The third kappa shape index (κ3) is 3.84. The highest BCUT2D eigenvalue weighted by molar-refractivity contribution is 5.91. The first kappa shape index (κ1) is 25.0. The Bertz CT molecular complexity index is 1350. The number of benzene rings is 2. The first-order valence-corrected chi connectivity index (χ1v) is 10.9. The average Bonchev–Trinajstić information content (AvgIpc) is 2.74. The van der Waals surface area contributed by atoms with Gasteiger partial charge >= 0.3 is 12.1 Å². The van der Waals surface area contributed by atoms with Crippen molar-refractivity contribution in [3.63, 3.8) is 0 Å². The Morgan fingerprint density at radius 3 is 2.43 bits per heavy atom. The Morgan fingerprint density at radius 2 is 1.80 bits per heavy atom. The van der Waals surface area contributed by atoms with Crippen LogP contribution in [0.25, 0.3) is 10.9 Å². The molecule has 1 aliphatic rings. The lowest BCUT2D eigenvalue weighted by atomic mass is 9.61. The normalized spacial score (nSPS) is 22.1. The summed E-state index contributed by atoms with van der Waals surface area (Å²) in [4.78, 5) is 14.3. The molecule has 2 unspecified atom stereocenters. The predicted octanol–water partition coefficient (Wildman–Crippen LogP) is 5.61. The van der Waals surface area contributed by atoms with E-state index in [1.165, 1.54) is 51.3 Å². The number of anilines is 1. The van der Waals surface area contributed by atoms with Gasteiger partial charge in [0.2, 0.25) is 5.56 Å². The van der Waals surface area contributed by atoms with Crippen molar-refractivity contribution in [1.82, 2.24) is 4.98 Å². The fraction of sp³-hybridized carbons (Fsp3) is 0.400. The topological polar surface area (TPSA) is 74.3 Å². The maximum Gasteiger partial charge on any atom is 0.456 e. The summed E-state index contributed by atoms with van der Waals surface area (Å²) in [6, 6.07) is 8.52. The van der Waals surface area contributed by atoms with Crippen molar-refractivity contribution < 1.29 is 31.8 Å². The fourth-order valence-corrected chi connectivity index (χ4v) is 5.22. The van der Waals surface area contributed by atoms with Crippen molar-refractivity contribution in [3.05, 3.63) is 69.5 Å². The summed E-state index contributed by atoms with van der Waals surface area (Å²) in [5.74, 6) is -5.13. The number of aromatic amines is 1. The van der Waals surface area contributed by atoms with E-state index in [-0.39, 0.29) is 11.3 Å². The molecule has 3 N–H and O–H groups in total. The fourth-order valence-electron chi connectivity index (χ4n) is 5.22. The van der Waals surface area contributed by atoms with Crippen LogP contribution < -0.4 is 15.6 Å². The molecule has 0 bridgehead atoms. The highest BCUT2D eigenvalue weighted by Crippen LogP contribution is 2.59. The van der Waals surface area contributed by atoms with Gasteiger partial charge in [0.25, 0.3) is 0 Å². The quantitative estimate of drug-likeness (QED) is 0.411. The van der Waals surface area contributed by atoms with Gasteiger partial charge in [-0.25, -0.2) is 0 Å². The van der Waals surface area contributed by atoms with E-state index in [1.807, 2.05) is 0 Å². The third-order valence-electron chi connectivity index (χ3n) is 6.64. The van der Waals surface area contributed by atoms with E-state index < -0.39 is 41.1 Å². The average molecular weight is 496 g/mol. The van der Waals surface area contributed by atoms with Crippen LogP contribution in [0.15, 0.2) is 47.3 Å². The number of rotatable bonds is 4. The molecule has 5 nitrogen and oxygen atoms in total. The van der Waals surface area contributed by atoms with Gasteiger partial charge in [0.15, 0.2) is 5.60 Å². The van der Waals surface area contributed by atoms with Crippen molar-refractivity contribution in [2.75, 3.05) is 12.4 Å². The molecule has 10 heteroatoms. The number of H-pyrrole nitrogens is 1. The number of pyridine rings is 1. The number of nitrogens with one attached hydrogen (secondary N) is 2. The van der Waals surface area contributed by atoms with Crippen LogP contribution in [0.2, 0.25) is 0 Å². The minimum atomic E-state index is -6.01. The zero-order valence-corrected chi connectivity index (χ0v) is 19.5. The van der Waals surface area contributed by atoms with Crippen LogP contribution in [0.3, 0.4) is 0 Å².